The van der Waals surface area contributed by atoms with Crippen molar-refractivity contribution < 1.29 is 18.3 Å². The minimum atomic E-state index is -3.90. The summed E-state index contributed by atoms with van der Waals surface area (Å²) in [6.45, 7) is 1.62. The second-order valence-electron chi connectivity index (χ2n) is 4.17. The summed E-state index contributed by atoms with van der Waals surface area (Å²) in [5.74, 6) is -1.19. The topological polar surface area (TPSA) is 107 Å². The fourth-order valence-electron chi connectivity index (χ4n) is 1.63. The molecular formula is C13H10N2O4S2. The number of nitrogens with zero attached hydrogens (tertiary/aromatic N) is 1. The fourth-order valence-corrected chi connectivity index (χ4v) is 3.68. The smallest absolute Gasteiger partial charge is 0.348 e. The van der Waals surface area contributed by atoms with Crippen molar-refractivity contribution >= 4 is 33.0 Å². The number of nitrogens with one attached hydrogen (secondary N) is 1. The highest BCUT2D eigenvalue weighted by atomic mass is 32.2. The molecule has 108 valence electrons. The van der Waals surface area contributed by atoms with Gasteiger partial charge in [-0.1, -0.05) is 0 Å². The van der Waals surface area contributed by atoms with Crippen LogP contribution in [0.4, 0.5) is 5.69 Å². The van der Waals surface area contributed by atoms with E-state index in [0.29, 0.717) is 11.1 Å². The van der Waals surface area contributed by atoms with Gasteiger partial charge in [0.1, 0.15) is 4.88 Å². The van der Waals surface area contributed by atoms with Crippen molar-refractivity contribution in [1.82, 2.24) is 0 Å². The summed E-state index contributed by atoms with van der Waals surface area (Å²) in [6, 6.07) is 7.25. The summed E-state index contributed by atoms with van der Waals surface area (Å²) in [4.78, 5) is 11.0. The van der Waals surface area contributed by atoms with Crippen LogP contribution in [0.15, 0.2) is 34.5 Å². The van der Waals surface area contributed by atoms with Gasteiger partial charge in [-0.2, -0.15) is 5.26 Å². The summed E-state index contributed by atoms with van der Waals surface area (Å²) in [6.07, 6.45) is 0. The number of carboxylic acid groups (broad SMARTS) is 1. The zero-order valence-corrected chi connectivity index (χ0v) is 12.5. The minimum Gasteiger partial charge on any atom is -0.477 e. The monoisotopic (exact) mass is 322 g/mol. The third-order valence-electron chi connectivity index (χ3n) is 2.70. The van der Waals surface area contributed by atoms with Crippen molar-refractivity contribution in [3.05, 3.63) is 45.6 Å². The maximum Gasteiger partial charge on any atom is 0.348 e. The third-order valence-corrected chi connectivity index (χ3v) is 5.15. The molecule has 0 aliphatic carbocycles. The predicted octanol–water partition coefficient (Wildman–Crippen LogP) is 2.43. The Morgan fingerprint density at radius 2 is 1.95 bits per heavy atom. The van der Waals surface area contributed by atoms with Crippen molar-refractivity contribution in [3.8, 4) is 6.07 Å². The summed E-state index contributed by atoms with van der Waals surface area (Å²) < 4.78 is 26.8. The van der Waals surface area contributed by atoms with Crippen LogP contribution in [-0.2, 0) is 10.0 Å². The van der Waals surface area contributed by atoms with Crippen molar-refractivity contribution in [2.24, 2.45) is 0 Å². The van der Waals surface area contributed by atoms with Gasteiger partial charge in [0.05, 0.1) is 22.2 Å². The van der Waals surface area contributed by atoms with Crippen LogP contribution in [0, 0.1) is 18.3 Å². The van der Waals surface area contributed by atoms with E-state index in [0.717, 1.165) is 11.3 Å². The zero-order chi connectivity index (χ0) is 15.6. The first-order chi connectivity index (χ1) is 9.85. The molecule has 21 heavy (non-hydrogen) atoms. The molecule has 0 unspecified atom stereocenters. The Labute approximate surface area is 125 Å². The van der Waals surface area contributed by atoms with Gasteiger partial charge in [0.25, 0.3) is 10.0 Å². The number of aryl methyl sites for hydroxylation is 1. The van der Waals surface area contributed by atoms with E-state index in [1.807, 2.05) is 6.07 Å². The van der Waals surface area contributed by atoms with Crippen LogP contribution in [0.3, 0.4) is 0 Å². The summed E-state index contributed by atoms with van der Waals surface area (Å²) in [7, 11) is -3.90. The molecule has 0 radical (unpaired) electrons. The Bertz CT molecular complexity index is 830. The van der Waals surface area contributed by atoms with E-state index in [2.05, 4.69) is 4.72 Å². The van der Waals surface area contributed by atoms with E-state index < -0.39 is 16.0 Å². The molecule has 2 aromatic rings. The largest absolute Gasteiger partial charge is 0.477 e. The zero-order valence-electron chi connectivity index (χ0n) is 10.8. The molecule has 1 aromatic carbocycles. The molecule has 2 rings (SSSR count). The standard InChI is InChI=1S/C13H10N2O4S2/c1-8-7-20-12(13(16)17)11(8)15-21(18,19)10-4-2-9(6-14)3-5-10/h2-5,7,15H,1H3,(H,16,17). The van der Waals surface area contributed by atoms with Gasteiger partial charge in [-0.3, -0.25) is 4.72 Å². The van der Waals surface area contributed by atoms with E-state index in [1.54, 1.807) is 12.3 Å². The number of benzene rings is 1. The van der Waals surface area contributed by atoms with E-state index in [9.17, 15) is 13.2 Å². The van der Waals surface area contributed by atoms with Gasteiger partial charge in [-0.25, -0.2) is 13.2 Å². The van der Waals surface area contributed by atoms with Gasteiger partial charge >= 0.3 is 5.97 Å². The molecule has 0 bridgehead atoms. The maximum absolute atomic E-state index is 12.2. The first kappa shape index (κ1) is 15.0. The van der Waals surface area contributed by atoms with Crippen molar-refractivity contribution in [2.75, 3.05) is 4.72 Å². The van der Waals surface area contributed by atoms with Crippen molar-refractivity contribution in [3.63, 3.8) is 0 Å². The fraction of sp³-hybridized carbons (Fsp3) is 0.0769. The lowest BCUT2D eigenvalue weighted by molar-refractivity contribution is 0.0703. The quantitative estimate of drug-likeness (QED) is 0.899. The summed E-state index contributed by atoms with van der Waals surface area (Å²) >= 11 is 0.957. The molecule has 0 saturated carbocycles. The van der Waals surface area contributed by atoms with Gasteiger partial charge in [-0.15, -0.1) is 11.3 Å². The second kappa shape index (κ2) is 5.55. The SMILES string of the molecule is Cc1csc(C(=O)O)c1NS(=O)(=O)c1ccc(C#N)cc1. The van der Waals surface area contributed by atoms with Gasteiger partial charge in [0.2, 0.25) is 0 Å². The molecule has 0 fully saturated rings. The Balaban J connectivity index is 2.40. The van der Waals surface area contributed by atoms with Crippen LogP contribution in [0.1, 0.15) is 20.8 Å². The normalized spacial score (nSPS) is 10.9. The number of hydrogen-bond donors (Lipinski definition) is 2. The number of sulfonamides is 1. The maximum atomic E-state index is 12.2. The molecule has 0 atom stereocenters. The Morgan fingerprint density at radius 3 is 2.48 bits per heavy atom. The number of carbonyl (C=O) groups is 1. The van der Waals surface area contributed by atoms with E-state index in [-0.39, 0.29) is 15.5 Å². The molecule has 1 aromatic heterocycles. The Morgan fingerprint density at radius 1 is 1.33 bits per heavy atom. The lowest BCUT2D eigenvalue weighted by Crippen LogP contribution is -2.15. The van der Waals surface area contributed by atoms with E-state index >= 15 is 0 Å². The molecular weight excluding hydrogens is 312 g/mol. The number of aromatic carboxylic acids is 1. The highest BCUT2D eigenvalue weighted by molar-refractivity contribution is 7.92. The Kier molecular flexibility index (Phi) is 3.97. The molecule has 0 aliphatic rings. The number of nitriles is 1. The number of hydrogen-bond acceptors (Lipinski definition) is 5. The van der Waals surface area contributed by atoms with Crippen molar-refractivity contribution in [1.29, 1.82) is 5.26 Å². The van der Waals surface area contributed by atoms with Gasteiger partial charge < -0.3 is 5.11 Å². The number of thiophene rings is 1. The number of carboxylic acids is 1. The highest BCUT2D eigenvalue weighted by Crippen LogP contribution is 2.29. The van der Waals surface area contributed by atoms with Crippen LogP contribution in [0.5, 0.6) is 0 Å². The first-order valence-corrected chi connectivity index (χ1v) is 8.06. The molecule has 0 spiro atoms. The number of rotatable bonds is 4. The van der Waals surface area contributed by atoms with Gasteiger partial charge in [0.15, 0.2) is 0 Å². The van der Waals surface area contributed by atoms with Crippen LogP contribution < -0.4 is 4.72 Å². The first-order valence-electron chi connectivity index (χ1n) is 5.69. The summed E-state index contributed by atoms with van der Waals surface area (Å²) in [5, 5.41) is 19.3. The van der Waals surface area contributed by atoms with Crippen LogP contribution in [0.2, 0.25) is 0 Å². The number of anilines is 1. The minimum absolute atomic E-state index is 0.0385. The average molecular weight is 322 g/mol. The van der Waals surface area contributed by atoms with E-state index in [4.69, 9.17) is 10.4 Å². The van der Waals surface area contributed by atoms with Crippen molar-refractivity contribution in [2.45, 2.75) is 11.8 Å². The van der Waals surface area contributed by atoms with E-state index in [1.165, 1.54) is 24.3 Å². The molecule has 2 N–H and O–H groups in total. The molecule has 0 aliphatic heterocycles. The molecule has 0 amide bonds. The van der Waals surface area contributed by atoms with Gasteiger partial charge in [0, 0.05) is 0 Å². The summed E-state index contributed by atoms with van der Waals surface area (Å²) in [5.41, 5.74) is 0.943. The molecule has 0 saturated heterocycles. The van der Waals surface area contributed by atoms with Crippen LogP contribution in [-0.4, -0.2) is 19.5 Å². The van der Waals surface area contributed by atoms with Crippen LogP contribution >= 0.6 is 11.3 Å². The van der Waals surface area contributed by atoms with Crippen LogP contribution in [0.25, 0.3) is 0 Å². The molecule has 1 heterocycles. The lowest BCUT2D eigenvalue weighted by Gasteiger charge is -2.09. The molecule has 8 heteroatoms. The average Bonchev–Trinajstić information content (AvgIpc) is 2.80. The molecule has 6 nitrogen and oxygen atoms in total. The predicted molar refractivity (Wildman–Crippen MR) is 78.0 cm³/mol. The lowest BCUT2D eigenvalue weighted by atomic mass is 10.2. The Hall–Kier alpha value is -2.37. The second-order valence-corrected chi connectivity index (χ2v) is 6.73. The third kappa shape index (κ3) is 3.04. The highest BCUT2D eigenvalue weighted by Gasteiger charge is 2.21. The van der Waals surface area contributed by atoms with Gasteiger partial charge in [-0.05, 0) is 42.1 Å².